The van der Waals surface area contributed by atoms with Crippen LogP contribution in [-0.4, -0.2) is 20.9 Å². The van der Waals surface area contributed by atoms with Gasteiger partial charge in [0.15, 0.2) is 0 Å². The third kappa shape index (κ3) is 3.34. The number of alkyl halides is 3. The van der Waals surface area contributed by atoms with E-state index in [0.29, 0.717) is 5.56 Å². The van der Waals surface area contributed by atoms with Crippen LogP contribution < -0.4 is 0 Å². The minimum atomic E-state index is -4.77. The molecule has 0 spiro atoms. The first-order valence-electron chi connectivity index (χ1n) is 8.45. The van der Waals surface area contributed by atoms with E-state index < -0.39 is 35.7 Å². The van der Waals surface area contributed by atoms with Crippen molar-refractivity contribution in [2.45, 2.75) is 25.7 Å². The summed E-state index contributed by atoms with van der Waals surface area (Å²) in [5.74, 6) is -3.71. The molecule has 0 N–H and O–H groups in total. The van der Waals surface area contributed by atoms with Crippen molar-refractivity contribution in [1.29, 1.82) is 0 Å². The fraction of sp³-hybridized carbons (Fsp3) is 0.211. The van der Waals surface area contributed by atoms with Gasteiger partial charge in [-0.3, -0.25) is 4.79 Å². The predicted octanol–water partition coefficient (Wildman–Crippen LogP) is 4.75. The zero-order chi connectivity index (χ0) is 20.9. The van der Waals surface area contributed by atoms with Crippen LogP contribution >= 0.6 is 0 Å². The number of rotatable bonds is 3. The number of aromatic nitrogens is 2. The average molecular weight is 409 g/mol. The van der Waals surface area contributed by atoms with Crippen molar-refractivity contribution in [2.24, 2.45) is 0 Å². The van der Waals surface area contributed by atoms with E-state index in [4.69, 9.17) is 0 Å². The van der Waals surface area contributed by atoms with Gasteiger partial charge in [0.1, 0.15) is 11.6 Å². The first-order chi connectivity index (χ1) is 13.6. The topological polar surface area (TPSA) is 59.2 Å². The number of carbonyl (C=O) groups is 1. The highest BCUT2D eigenvalue weighted by molar-refractivity contribution is 5.99. The first kappa shape index (κ1) is 19.0. The molecular formula is C19H12F5N3O2. The van der Waals surface area contributed by atoms with Gasteiger partial charge in [0.25, 0.3) is 5.91 Å². The molecule has 4 rings (SSSR count). The molecule has 1 amide bonds. The van der Waals surface area contributed by atoms with Crippen molar-refractivity contribution in [1.82, 2.24) is 15.0 Å². The van der Waals surface area contributed by atoms with Crippen molar-refractivity contribution in [3.05, 3.63) is 70.6 Å². The second-order valence-corrected chi connectivity index (χ2v) is 6.57. The molecule has 1 atom stereocenters. The summed E-state index contributed by atoms with van der Waals surface area (Å²) < 4.78 is 69.4. The lowest BCUT2D eigenvalue weighted by molar-refractivity contribution is -0.159. The van der Waals surface area contributed by atoms with E-state index in [1.807, 2.05) is 0 Å². The van der Waals surface area contributed by atoms with E-state index in [-0.39, 0.29) is 29.1 Å². The summed E-state index contributed by atoms with van der Waals surface area (Å²) in [6, 6.07) is 6.86. The zero-order valence-corrected chi connectivity index (χ0v) is 14.8. The average Bonchev–Trinajstić information content (AvgIpc) is 3.26. The van der Waals surface area contributed by atoms with E-state index in [1.54, 1.807) is 13.0 Å². The van der Waals surface area contributed by atoms with Gasteiger partial charge in [-0.2, -0.15) is 18.2 Å². The molecule has 0 radical (unpaired) electrons. The monoisotopic (exact) mass is 409 g/mol. The van der Waals surface area contributed by atoms with E-state index in [0.717, 1.165) is 12.1 Å². The molecule has 0 fully saturated rings. The number of benzene rings is 2. The molecular weight excluding hydrogens is 397 g/mol. The largest absolute Gasteiger partial charge is 0.471 e. The van der Waals surface area contributed by atoms with Crippen LogP contribution in [0.5, 0.6) is 0 Å². The highest BCUT2D eigenvalue weighted by Gasteiger charge is 2.39. The minimum absolute atomic E-state index is 0.153. The van der Waals surface area contributed by atoms with Crippen LogP contribution in [0.25, 0.3) is 11.4 Å². The Balaban J connectivity index is 1.63. The maximum absolute atomic E-state index is 14.1. The highest BCUT2D eigenvalue weighted by atomic mass is 19.4. The van der Waals surface area contributed by atoms with Gasteiger partial charge in [0, 0.05) is 29.3 Å². The molecule has 29 heavy (non-hydrogen) atoms. The summed E-state index contributed by atoms with van der Waals surface area (Å²) in [4.78, 5) is 17.5. The van der Waals surface area contributed by atoms with Crippen LogP contribution in [0, 0.1) is 11.6 Å². The Labute approximate surface area is 160 Å². The molecule has 150 valence electrons. The van der Waals surface area contributed by atoms with Gasteiger partial charge in [-0.25, -0.2) is 8.78 Å². The van der Waals surface area contributed by atoms with Crippen LogP contribution in [-0.2, 0) is 12.7 Å². The van der Waals surface area contributed by atoms with Crippen LogP contribution in [0.4, 0.5) is 22.0 Å². The molecule has 3 aromatic rings. The quantitative estimate of drug-likeness (QED) is 0.586. The molecule has 0 saturated heterocycles. The van der Waals surface area contributed by atoms with Gasteiger partial charge in [-0.05, 0) is 24.6 Å². The van der Waals surface area contributed by atoms with Crippen molar-refractivity contribution in [3.8, 4) is 11.4 Å². The van der Waals surface area contributed by atoms with Gasteiger partial charge >= 0.3 is 12.1 Å². The smallest absolute Gasteiger partial charge is 0.329 e. The summed E-state index contributed by atoms with van der Waals surface area (Å²) in [6.07, 6.45) is -4.77. The molecule has 0 saturated carbocycles. The molecule has 0 bridgehead atoms. The molecule has 1 aliphatic heterocycles. The molecule has 1 aromatic heterocycles. The number of carbonyl (C=O) groups excluding carboxylic acids is 1. The summed E-state index contributed by atoms with van der Waals surface area (Å²) >= 11 is 0. The minimum Gasteiger partial charge on any atom is -0.329 e. The third-order valence-corrected chi connectivity index (χ3v) is 4.75. The van der Waals surface area contributed by atoms with E-state index in [9.17, 15) is 26.7 Å². The van der Waals surface area contributed by atoms with E-state index in [1.165, 1.54) is 23.1 Å². The zero-order valence-electron chi connectivity index (χ0n) is 14.8. The Morgan fingerprint density at radius 3 is 2.55 bits per heavy atom. The highest BCUT2D eigenvalue weighted by Crippen LogP contribution is 2.35. The molecule has 0 aliphatic carbocycles. The van der Waals surface area contributed by atoms with Gasteiger partial charge in [0.2, 0.25) is 5.82 Å². The van der Waals surface area contributed by atoms with E-state index >= 15 is 0 Å². The molecule has 2 aromatic carbocycles. The van der Waals surface area contributed by atoms with Gasteiger partial charge < -0.3 is 9.42 Å². The van der Waals surface area contributed by atoms with Gasteiger partial charge in [-0.1, -0.05) is 23.4 Å². The van der Waals surface area contributed by atoms with Crippen LogP contribution in [0.3, 0.4) is 0 Å². The number of halogens is 5. The molecule has 10 heteroatoms. The summed E-state index contributed by atoms with van der Waals surface area (Å²) in [6.45, 7) is 1.78. The molecule has 1 aliphatic rings. The van der Waals surface area contributed by atoms with Gasteiger partial charge in [0.05, 0.1) is 6.04 Å². The normalized spacial score (nSPS) is 15.0. The van der Waals surface area contributed by atoms with Crippen LogP contribution in [0.1, 0.15) is 40.3 Å². The summed E-state index contributed by atoms with van der Waals surface area (Å²) in [5, 5.41) is 3.31. The maximum atomic E-state index is 14.1. The second kappa shape index (κ2) is 6.64. The summed E-state index contributed by atoms with van der Waals surface area (Å²) in [7, 11) is 0. The van der Waals surface area contributed by atoms with Crippen molar-refractivity contribution < 1.29 is 31.3 Å². The Morgan fingerprint density at radius 1 is 1.14 bits per heavy atom. The number of hydrogen-bond donors (Lipinski definition) is 0. The molecule has 5 nitrogen and oxygen atoms in total. The Hall–Kier alpha value is -3.30. The standard InChI is InChI=1S/C19H12F5N3O2/c1-9(13-5-4-12(20)7-15(13)21)27-8-11-3-2-10(6-14(11)17(27)28)16-25-18(29-26-16)19(22,23)24/h2-7,9H,8H2,1H3. The summed E-state index contributed by atoms with van der Waals surface area (Å²) in [5.41, 5.74) is 1.20. The maximum Gasteiger partial charge on any atom is 0.471 e. The van der Waals surface area contributed by atoms with E-state index in [2.05, 4.69) is 14.7 Å². The van der Waals surface area contributed by atoms with Crippen molar-refractivity contribution in [2.75, 3.05) is 0 Å². The van der Waals surface area contributed by atoms with Crippen LogP contribution in [0.15, 0.2) is 40.9 Å². The SMILES string of the molecule is CC(c1ccc(F)cc1F)N1Cc2ccc(-c3noc(C(F)(F)F)n3)cc2C1=O. The lowest BCUT2D eigenvalue weighted by Gasteiger charge is -2.25. The number of amides is 1. The van der Waals surface area contributed by atoms with Crippen LogP contribution in [0.2, 0.25) is 0 Å². The Bertz CT molecular complexity index is 1110. The Kier molecular flexibility index (Phi) is 4.36. The fourth-order valence-corrected chi connectivity index (χ4v) is 3.24. The molecule has 2 heterocycles. The second-order valence-electron chi connectivity index (χ2n) is 6.57. The predicted molar refractivity (Wildman–Crippen MR) is 89.4 cm³/mol. The number of nitrogens with zero attached hydrogens (tertiary/aromatic N) is 3. The number of hydrogen-bond acceptors (Lipinski definition) is 4. The lowest BCUT2D eigenvalue weighted by Crippen LogP contribution is -2.27. The molecule has 1 unspecified atom stereocenters. The lowest BCUT2D eigenvalue weighted by atomic mass is 10.1. The van der Waals surface area contributed by atoms with Crippen molar-refractivity contribution >= 4 is 5.91 Å². The first-order valence-corrected chi connectivity index (χ1v) is 8.45. The van der Waals surface area contributed by atoms with Crippen molar-refractivity contribution in [3.63, 3.8) is 0 Å². The van der Waals surface area contributed by atoms with Gasteiger partial charge in [-0.15, -0.1) is 0 Å². The number of fused-ring (bicyclic) bond motifs is 1. The Morgan fingerprint density at radius 2 is 1.90 bits per heavy atom. The fourth-order valence-electron chi connectivity index (χ4n) is 3.24. The third-order valence-electron chi connectivity index (χ3n) is 4.75.